The van der Waals surface area contributed by atoms with Gasteiger partial charge in [0.1, 0.15) is 6.10 Å². The van der Waals surface area contributed by atoms with E-state index in [1.165, 1.54) is 0 Å². The van der Waals surface area contributed by atoms with Crippen LogP contribution in [-0.4, -0.2) is 61.7 Å². The van der Waals surface area contributed by atoms with Crippen molar-refractivity contribution in [2.75, 3.05) is 19.8 Å². The average molecular weight is 420 g/mol. The zero-order valence-electron chi connectivity index (χ0n) is 12.1. The van der Waals surface area contributed by atoms with Gasteiger partial charge in [0, 0.05) is 6.42 Å². The Balaban J connectivity index is 3.04. The highest BCUT2D eigenvalue weighted by Gasteiger charge is 2.90. The van der Waals surface area contributed by atoms with Gasteiger partial charge in [-0.25, -0.2) is 0 Å². The van der Waals surface area contributed by atoms with E-state index in [-0.39, 0.29) is 6.61 Å². The SMILES string of the molecule is FC(F)(F)C(F)(F)C(F)(F)C(F)(F)C(F)(F)C(F)(F)CCOC[C@@H]1CO1. The van der Waals surface area contributed by atoms with E-state index in [9.17, 15) is 57.1 Å². The molecule has 0 N–H and O–H groups in total. The van der Waals surface area contributed by atoms with E-state index in [2.05, 4.69) is 9.47 Å². The third-order valence-electron chi connectivity index (χ3n) is 3.26. The summed E-state index contributed by atoms with van der Waals surface area (Å²) in [5, 5.41) is 0. The molecule has 1 saturated heterocycles. The minimum atomic E-state index is -7.87. The Morgan fingerprint density at radius 2 is 1.12 bits per heavy atom. The molecule has 1 aliphatic rings. The summed E-state index contributed by atoms with van der Waals surface area (Å²) in [4.78, 5) is 0. The molecule has 0 amide bonds. The van der Waals surface area contributed by atoms with Crippen LogP contribution in [0.5, 0.6) is 0 Å². The van der Waals surface area contributed by atoms with Crippen molar-refractivity contribution in [2.24, 2.45) is 0 Å². The van der Waals surface area contributed by atoms with E-state index in [0.29, 0.717) is 0 Å². The highest BCUT2D eigenvalue weighted by Crippen LogP contribution is 2.60. The molecule has 0 spiro atoms. The number of hydrogen-bond donors (Lipinski definition) is 0. The van der Waals surface area contributed by atoms with Gasteiger partial charge in [-0.05, 0) is 0 Å². The maximum Gasteiger partial charge on any atom is 0.460 e. The van der Waals surface area contributed by atoms with Crippen molar-refractivity contribution < 1.29 is 66.5 Å². The van der Waals surface area contributed by atoms with Gasteiger partial charge >= 0.3 is 35.8 Å². The molecular formula is C11H9F13O2. The van der Waals surface area contributed by atoms with Crippen molar-refractivity contribution in [1.29, 1.82) is 0 Å². The maximum atomic E-state index is 13.3. The zero-order chi connectivity index (χ0) is 20.8. The quantitative estimate of drug-likeness (QED) is 0.311. The van der Waals surface area contributed by atoms with Crippen molar-refractivity contribution >= 4 is 0 Å². The lowest BCUT2D eigenvalue weighted by atomic mass is 9.93. The van der Waals surface area contributed by atoms with Gasteiger partial charge < -0.3 is 9.47 Å². The van der Waals surface area contributed by atoms with Gasteiger partial charge in [-0.2, -0.15) is 57.1 Å². The summed E-state index contributed by atoms with van der Waals surface area (Å²) in [5.74, 6) is -36.7. The number of alkyl halides is 13. The Labute approximate surface area is 136 Å². The minimum absolute atomic E-state index is 0.128. The predicted molar refractivity (Wildman–Crippen MR) is 56.0 cm³/mol. The van der Waals surface area contributed by atoms with Gasteiger partial charge in [0.15, 0.2) is 0 Å². The summed E-state index contributed by atoms with van der Waals surface area (Å²) in [7, 11) is 0. The topological polar surface area (TPSA) is 21.8 Å². The summed E-state index contributed by atoms with van der Waals surface area (Å²) < 4.78 is 175. The fourth-order valence-corrected chi connectivity index (χ4v) is 1.54. The molecule has 0 aromatic heterocycles. The van der Waals surface area contributed by atoms with E-state index < -0.39 is 61.5 Å². The fraction of sp³-hybridized carbons (Fsp3) is 1.00. The van der Waals surface area contributed by atoms with Crippen molar-refractivity contribution in [3.05, 3.63) is 0 Å². The first-order valence-electron chi connectivity index (χ1n) is 6.48. The van der Waals surface area contributed by atoms with Crippen molar-refractivity contribution in [1.82, 2.24) is 0 Å². The lowest BCUT2D eigenvalue weighted by molar-refractivity contribution is -0.440. The number of epoxide rings is 1. The van der Waals surface area contributed by atoms with Crippen LogP contribution in [0.2, 0.25) is 0 Å². The lowest BCUT2D eigenvalue weighted by Crippen LogP contribution is -2.70. The molecule has 0 aromatic carbocycles. The monoisotopic (exact) mass is 420 g/mol. The third kappa shape index (κ3) is 3.68. The van der Waals surface area contributed by atoms with Gasteiger partial charge in [-0.15, -0.1) is 0 Å². The number of rotatable bonds is 9. The van der Waals surface area contributed by atoms with Crippen molar-refractivity contribution in [2.45, 2.75) is 48.3 Å². The van der Waals surface area contributed by atoms with Crippen LogP contribution in [-0.2, 0) is 9.47 Å². The standard InChI is InChI=1S/C11H9F13O2/c12-6(13,1-2-25-3-5-4-26-5)7(14,15)8(16,17)9(18,19)10(20,21)11(22,23)24/h5H,1-4H2/t5-/m1/s1. The van der Waals surface area contributed by atoms with E-state index in [1.807, 2.05) is 0 Å². The van der Waals surface area contributed by atoms with Crippen molar-refractivity contribution in [3.8, 4) is 0 Å². The highest BCUT2D eigenvalue weighted by molar-refractivity contribution is 5.10. The zero-order valence-corrected chi connectivity index (χ0v) is 12.1. The maximum absolute atomic E-state index is 13.3. The third-order valence-corrected chi connectivity index (χ3v) is 3.26. The van der Waals surface area contributed by atoms with E-state index >= 15 is 0 Å². The first kappa shape index (κ1) is 23.0. The van der Waals surface area contributed by atoms with Gasteiger partial charge in [0.05, 0.1) is 19.8 Å². The normalized spacial score (nSPS) is 20.4. The van der Waals surface area contributed by atoms with Gasteiger partial charge in [-0.1, -0.05) is 0 Å². The van der Waals surface area contributed by atoms with Crippen LogP contribution in [0.4, 0.5) is 57.1 Å². The van der Waals surface area contributed by atoms with Crippen LogP contribution in [0.3, 0.4) is 0 Å². The van der Waals surface area contributed by atoms with E-state index in [0.717, 1.165) is 0 Å². The van der Waals surface area contributed by atoms with E-state index in [4.69, 9.17) is 0 Å². The molecule has 0 aromatic rings. The van der Waals surface area contributed by atoms with E-state index in [1.54, 1.807) is 0 Å². The number of halogens is 13. The molecule has 26 heavy (non-hydrogen) atoms. The molecule has 0 saturated carbocycles. The predicted octanol–water partition coefficient (Wildman–Crippen LogP) is 4.53. The lowest BCUT2D eigenvalue weighted by Gasteiger charge is -2.39. The van der Waals surface area contributed by atoms with Crippen LogP contribution >= 0.6 is 0 Å². The van der Waals surface area contributed by atoms with Gasteiger partial charge in [0.2, 0.25) is 0 Å². The summed E-state index contributed by atoms with van der Waals surface area (Å²) in [5.41, 5.74) is 0. The van der Waals surface area contributed by atoms with Crippen LogP contribution in [0, 0.1) is 0 Å². The molecule has 0 aliphatic carbocycles. The van der Waals surface area contributed by atoms with Crippen molar-refractivity contribution in [3.63, 3.8) is 0 Å². The highest BCUT2D eigenvalue weighted by atomic mass is 19.4. The molecular weight excluding hydrogens is 411 g/mol. The second-order valence-corrected chi connectivity index (χ2v) is 5.28. The number of hydrogen-bond acceptors (Lipinski definition) is 2. The van der Waals surface area contributed by atoms with Crippen LogP contribution in [0.25, 0.3) is 0 Å². The largest absolute Gasteiger partial charge is 0.460 e. The molecule has 1 atom stereocenters. The Bertz CT molecular complexity index is 495. The summed E-state index contributed by atoms with van der Waals surface area (Å²) in [6, 6.07) is 0. The van der Waals surface area contributed by atoms with Crippen LogP contribution in [0.15, 0.2) is 0 Å². The first-order chi connectivity index (χ1) is 11.3. The molecule has 15 heteroatoms. The molecule has 156 valence electrons. The van der Waals surface area contributed by atoms with Gasteiger partial charge in [0.25, 0.3) is 0 Å². The Morgan fingerprint density at radius 3 is 1.50 bits per heavy atom. The molecule has 1 heterocycles. The second kappa shape index (κ2) is 6.56. The first-order valence-corrected chi connectivity index (χ1v) is 6.48. The molecule has 1 rings (SSSR count). The molecule has 0 unspecified atom stereocenters. The summed E-state index contributed by atoms with van der Waals surface area (Å²) >= 11 is 0. The van der Waals surface area contributed by atoms with Crippen LogP contribution in [0.1, 0.15) is 6.42 Å². The molecule has 1 aliphatic heterocycles. The Kier molecular flexibility index (Phi) is 5.82. The Hall–Kier alpha value is -0.990. The average Bonchev–Trinajstić information content (AvgIpc) is 3.25. The van der Waals surface area contributed by atoms with Gasteiger partial charge in [-0.3, -0.25) is 0 Å². The molecule has 0 radical (unpaired) electrons. The molecule has 2 nitrogen and oxygen atoms in total. The summed E-state index contributed by atoms with van der Waals surface area (Å²) in [6.45, 7) is -1.70. The fourth-order valence-electron chi connectivity index (χ4n) is 1.54. The Morgan fingerprint density at radius 1 is 0.692 bits per heavy atom. The summed E-state index contributed by atoms with van der Waals surface area (Å²) in [6.07, 6.45) is -10.3. The molecule has 0 bridgehead atoms. The smallest absolute Gasteiger partial charge is 0.378 e. The van der Waals surface area contributed by atoms with Crippen LogP contribution < -0.4 is 0 Å². The molecule has 1 fully saturated rings. The second-order valence-electron chi connectivity index (χ2n) is 5.28. The number of ether oxygens (including phenoxy) is 2. The minimum Gasteiger partial charge on any atom is -0.378 e.